The van der Waals surface area contributed by atoms with Gasteiger partial charge >= 0.3 is 5.97 Å². The molecule has 3 aromatic rings. The van der Waals surface area contributed by atoms with Gasteiger partial charge in [0.2, 0.25) is 0 Å². The summed E-state index contributed by atoms with van der Waals surface area (Å²) < 4.78 is 5.83. The first-order chi connectivity index (χ1) is 14.5. The van der Waals surface area contributed by atoms with E-state index in [4.69, 9.17) is 16.3 Å². The van der Waals surface area contributed by atoms with Crippen LogP contribution in [0.1, 0.15) is 39.6 Å². The number of hydrogen-bond donors (Lipinski definition) is 2. The second-order valence-electron chi connectivity index (χ2n) is 6.75. The fourth-order valence-electron chi connectivity index (χ4n) is 2.96. The summed E-state index contributed by atoms with van der Waals surface area (Å²) in [5, 5.41) is 12.7. The highest BCUT2D eigenvalue weighted by Gasteiger charge is 2.11. The van der Waals surface area contributed by atoms with Gasteiger partial charge in [-0.2, -0.15) is 0 Å². The van der Waals surface area contributed by atoms with Crippen molar-refractivity contribution in [1.82, 2.24) is 5.32 Å². The molecule has 154 valence electrons. The average Bonchev–Trinajstić information content (AvgIpc) is 2.76. The molecule has 0 unspecified atom stereocenters. The van der Waals surface area contributed by atoms with Gasteiger partial charge in [-0.25, -0.2) is 4.79 Å². The zero-order valence-electron chi connectivity index (χ0n) is 16.5. The lowest BCUT2D eigenvalue weighted by Crippen LogP contribution is -2.23. The zero-order valence-corrected chi connectivity index (χ0v) is 17.3. The fourth-order valence-corrected chi connectivity index (χ4v) is 3.09. The lowest BCUT2D eigenvalue weighted by molar-refractivity contribution is 0.0696. The minimum Gasteiger partial charge on any atom is -0.493 e. The van der Waals surface area contributed by atoms with E-state index in [0.29, 0.717) is 22.9 Å². The number of carboxylic acid groups (broad SMARTS) is 1. The highest BCUT2D eigenvalue weighted by molar-refractivity contribution is 6.30. The van der Waals surface area contributed by atoms with Gasteiger partial charge in [-0.3, -0.25) is 4.79 Å². The monoisotopic (exact) mass is 423 g/mol. The molecule has 0 saturated carbocycles. The molecule has 0 fully saturated rings. The van der Waals surface area contributed by atoms with Crippen LogP contribution >= 0.6 is 11.6 Å². The maximum atomic E-state index is 12.5. The maximum Gasteiger partial charge on any atom is 0.335 e. The van der Waals surface area contributed by atoms with E-state index in [1.807, 2.05) is 31.2 Å². The summed E-state index contributed by atoms with van der Waals surface area (Å²) in [5.41, 5.74) is 3.17. The second-order valence-corrected chi connectivity index (χ2v) is 7.18. The Kier molecular flexibility index (Phi) is 7.09. The van der Waals surface area contributed by atoms with Crippen LogP contribution in [0, 0.1) is 0 Å². The third kappa shape index (κ3) is 5.39. The Balaban J connectivity index is 1.85. The number of hydrogen-bond acceptors (Lipinski definition) is 3. The summed E-state index contributed by atoms with van der Waals surface area (Å²) >= 11 is 5.88. The van der Waals surface area contributed by atoms with Crippen LogP contribution in [0.15, 0.2) is 66.7 Å². The van der Waals surface area contributed by atoms with E-state index in [1.165, 1.54) is 0 Å². The first kappa shape index (κ1) is 21.4. The number of aromatic carboxylic acids is 1. The van der Waals surface area contributed by atoms with E-state index in [1.54, 1.807) is 42.5 Å². The quantitative estimate of drug-likeness (QED) is 0.507. The molecule has 1 amide bonds. The molecular formula is C24H22ClNO4. The Morgan fingerprint density at radius 2 is 1.70 bits per heavy atom. The number of ether oxygens (including phenoxy) is 1. The predicted octanol–water partition coefficient (Wildman–Crippen LogP) is 5.42. The van der Waals surface area contributed by atoms with Crippen LogP contribution in [-0.4, -0.2) is 23.6 Å². The Bertz CT molecular complexity index is 1050. The molecule has 0 spiro atoms. The number of carbonyl (C=O) groups excluding carboxylic acids is 1. The molecule has 30 heavy (non-hydrogen) atoms. The van der Waals surface area contributed by atoms with Gasteiger partial charge in [0.05, 0.1) is 12.2 Å². The van der Waals surface area contributed by atoms with Gasteiger partial charge in [0.25, 0.3) is 5.91 Å². The highest BCUT2D eigenvalue weighted by Crippen LogP contribution is 2.28. The number of carboxylic acids is 1. The summed E-state index contributed by atoms with van der Waals surface area (Å²) in [6.07, 6.45) is 0.860. The van der Waals surface area contributed by atoms with Gasteiger partial charge in [-0.05, 0) is 66.1 Å². The van der Waals surface area contributed by atoms with Crippen molar-refractivity contribution in [2.24, 2.45) is 0 Å². The number of benzene rings is 3. The molecule has 0 bridgehead atoms. The van der Waals surface area contributed by atoms with Crippen molar-refractivity contribution >= 4 is 23.5 Å². The minimum absolute atomic E-state index is 0.216. The van der Waals surface area contributed by atoms with E-state index in [9.17, 15) is 14.7 Å². The van der Waals surface area contributed by atoms with Crippen molar-refractivity contribution < 1.29 is 19.4 Å². The van der Waals surface area contributed by atoms with Crippen molar-refractivity contribution in [2.45, 2.75) is 19.9 Å². The fraction of sp³-hybridized carbons (Fsp3) is 0.167. The number of rotatable bonds is 8. The van der Waals surface area contributed by atoms with Crippen LogP contribution in [0.5, 0.6) is 5.75 Å². The molecule has 3 rings (SSSR count). The van der Waals surface area contributed by atoms with Gasteiger partial charge in [0, 0.05) is 22.7 Å². The Hall–Kier alpha value is -3.31. The van der Waals surface area contributed by atoms with Crippen molar-refractivity contribution in [3.05, 3.63) is 88.4 Å². The molecule has 2 N–H and O–H groups in total. The van der Waals surface area contributed by atoms with Gasteiger partial charge in [-0.1, -0.05) is 36.7 Å². The van der Waals surface area contributed by atoms with Gasteiger partial charge < -0.3 is 15.2 Å². The Labute approximate surface area is 180 Å². The SMILES string of the molecule is CCCOc1ccc(-c2cccc(C(=O)O)c2)cc1CNC(=O)c1ccc(Cl)cc1. The van der Waals surface area contributed by atoms with Crippen LogP contribution in [0.25, 0.3) is 11.1 Å². The topological polar surface area (TPSA) is 75.6 Å². The predicted molar refractivity (Wildman–Crippen MR) is 117 cm³/mol. The molecule has 3 aromatic carbocycles. The summed E-state index contributed by atoms with van der Waals surface area (Å²) in [6, 6.07) is 19.1. The molecule has 0 atom stereocenters. The summed E-state index contributed by atoms with van der Waals surface area (Å²) in [5.74, 6) is -0.506. The third-order valence-electron chi connectivity index (χ3n) is 4.51. The molecule has 5 nitrogen and oxygen atoms in total. The normalized spacial score (nSPS) is 10.5. The van der Waals surface area contributed by atoms with Crippen LogP contribution in [0.2, 0.25) is 5.02 Å². The number of amides is 1. The molecule has 0 saturated heterocycles. The third-order valence-corrected chi connectivity index (χ3v) is 4.76. The number of nitrogens with one attached hydrogen (secondary N) is 1. The minimum atomic E-state index is -0.977. The lowest BCUT2D eigenvalue weighted by Gasteiger charge is -2.14. The molecule has 0 aliphatic heterocycles. The smallest absolute Gasteiger partial charge is 0.335 e. The Morgan fingerprint density at radius 1 is 0.967 bits per heavy atom. The largest absolute Gasteiger partial charge is 0.493 e. The van der Waals surface area contributed by atoms with E-state index in [-0.39, 0.29) is 18.0 Å². The van der Waals surface area contributed by atoms with Crippen molar-refractivity contribution in [3.63, 3.8) is 0 Å². The molecule has 0 heterocycles. The molecule has 0 aliphatic carbocycles. The van der Waals surface area contributed by atoms with Crippen LogP contribution in [0.4, 0.5) is 0 Å². The maximum absolute atomic E-state index is 12.5. The molecule has 0 radical (unpaired) electrons. The molecular weight excluding hydrogens is 402 g/mol. The van der Waals surface area contributed by atoms with Gasteiger partial charge in [0.15, 0.2) is 0 Å². The first-order valence-electron chi connectivity index (χ1n) is 9.61. The van der Waals surface area contributed by atoms with E-state index in [2.05, 4.69) is 5.32 Å². The van der Waals surface area contributed by atoms with E-state index >= 15 is 0 Å². The molecule has 6 heteroatoms. The summed E-state index contributed by atoms with van der Waals surface area (Å²) in [4.78, 5) is 23.8. The molecule has 0 aliphatic rings. The van der Waals surface area contributed by atoms with E-state index < -0.39 is 5.97 Å². The van der Waals surface area contributed by atoms with Gasteiger partial charge in [-0.15, -0.1) is 0 Å². The standard InChI is InChI=1S/C24H22ClNO4/c1-2-12-30-22-11-8-18(17-4-3-5-19(13-17)24(28)29)14-20(22)15-26-23(27)16-6-9-21(25)10-7-16/h3-11,13-14H,2,12,15H2,1H3,(H,26,27)(H,28,29). The van der Waals surface area contributed by atoms with Crippen LogP contribution in [0.3, 0.4) is 0 Å². The van der Waals surface area contributed by atoms with Crippen LogP contribution in [-0.2, 0) is 6.54 Å². The van der Waals surface area contributed by atoms with Crippen LogP contribution < -0.4 is 10.1 Å². The van der Waals surface area contributed by atoms with Gasteiger partial charge in [0.1, 0.15) is 5.75 Å². The van der Waals surface area contributed by atoms with E-state index in [0.717, 1.165) is 23.1 Å². The molecule has 0 aromatic heterocycles. The van der Waals surface area contributed by atoms with Crippen molar-refractivity contribution in [1.29, 1.82) is 0 Å². The summed E-state index contributed by atoms with van der Waals surface area (Å²) in [7, 11) is 0. The van der Waals surface area contributed by atoms with Crippen molar-refractivity contribution in [2.75, 3.05) is 6.61 Å². The van der Waals surface area contributed by atoms with Crippen molar-refractivity contribution in [3.8, 4) is 16.9 Å². The zero-order chi connectivity index (χ0) is 21.5. The first-order valence-corrected chi connectivity index (χ1v) is 9.99. The average molecular weight is 424 g/mol. The number of halogens is 1. The lowest BCUT2D eigenvalue weighted by atomic mass is 10.0. The second kappa shape index (κ2) is 9.94. The highest BCUT2D eigenvalue weighted by atomic mass is 35.5. The Morgan fingerprint density at radius 3 is 2.40 bits per heavy atom. The summed E-state index contributed by atoms with van der Waals surface area (Å²) in [6.45, 7) is 2.85. The number of carbonyl (C=O) groups is 2.